The van der Waals surface area contributed by atoms with Crippen molar-refractivity contribution in [3.05, 3.63) is 41.5 Å². The van der Waals surface area contributed by atoms with Crippen LogP contribution in [0, 0.1) is 0 Å². The molecular weight excluding hydrogens is 728 g/mol. The molecule has 20 nitrogen and oxygen atoms in total. The molecule has 3 fully saturated rings. The molecule has 20 heteroatoms. The number of aliphatic hydroxyl groups excluding tert-OH is 8. The smallest absolute Gasteiger partial charge is 0.229 e. The number of methoxy groups -OCH3 is 1. The predicted octanol–water partition coefficient (Wildman–Crippen LogP) is -3.12. The van der Waals surface area contributed by atoms with Gasteiger partial charge in [0.1, 0.15) is 83.9 Å². The van der Waals surface area contributed by atoms with Crippen LogP contribution in [0.1, 0.15) is 35.4 Å². The zero-order valence-corrected chi connectivity index (χ0v) is 28.7. The lowest BCUT2D eigenvalue weighted by atomic mass is 9.95. The van der Waals surface area contributed by atoms with Crippen LogP contribution in [0.3, 0.4) is 0 Å². The van der Waals surface area contributed by atoms with E-state index >= 15 is 0 Å². The van der Waals surface area contributed by atoms with Crippen molar-refractivity contribution in [3.8, 4) is 28.7 Å². The lowest BCUT2D eigenvalue weighted by Crippen LogP contribution is -2.65. The zero-order chi connectivity index (χ0) is 39.2. The molecule has 4 aliphatic rings. The summed E-state index contributed by atoms with van der Waals surface area (Å²) < 4.78 is 44.9. The number of ketones is 2. The number of Topliss-reactive ketones (excluding diaryl/α,β-unsaturated/α-hetero) is 2. The van der Waals surface area contributed by atoms with E-state index in [0.29, 0.717) is 5.56 Å². The number of phenols is 2. The first-order chi connectivity index (χ1) is 25.6. The summed E-state index contributed by atoms with van der Waals surface area (Å²) in [4.78, 5) is 25.4. The fraction of sp³-hybridized carbons (Fsp3) is 0.588. The maximum absolute atomic E-state index is 13.1. The summed E-state index contributed by atoms with van der Waals surface area (Å²) in [5.74, 6) is -2.40. The number of rotatable bonds is 10. The molecule has 0 bridgehead atoms. The highest BCUT2D eigenvalue weighted by Crippen LogP contribution is 2.44. The SMILES string of the molecule is COc1ccc(C2CC(=O)c3c(O)cc(O[C@@H]4OC(CO[C@@H]5OC(C)[C@H](O)C(=O)C5O)[C@@H](O[C@@H]5OC(CO)[C@@H](O)C(O)C5O)C(O)C4O)cc3O2)cc1O. The summed E-state index contributed by atoms with van der Waals surface area (Å²) in [6.45, 7) is -0.140. The normalized spacial score (nSPS) is 38.4. The number of phenolic OH excluding ortho intramolecular Hbond substituents is 2. The Balaban J connectivity index is 1.24. The fourth-order valence-electron chi connectivity index (χ4n) is 6.57. The molecule has 4 aliphatic heterocycles. The summed E-state index contributed by atoms with van der Waals surface area (Å²) in [6, 6.07) is 6.68. The molecule has 0 spiro atoms. The molecule has 298 valence electrons. The number of aromatic hydroxyl groups is 2. The molecular formula is C34H42O20. The van der Waals surface area contributed by atoms with Crippen molar-refractivity contribution in [1.29, 1.82) is 0 Å². The van der Waals surface area contributed by atoms with Gasteiger partial charge in [-0.05, 0) is 24.6 Å². The molecule has 9 unspecified atom stereocenters. The van der Waals surface area contributed by atoms with Gasteiger partial charge in [-0.2, -0.15) is 0 Å². The van der Waals surface area contributed by atoms with Gasteiger partial charge >= 0.3 is 0 Å². The minimum absolute atomic E-state index is 0.125. The first-order valence-electron chi connectivity index (χ1n) is 16.9. The van der Waals surface area contributed by atoms with E-state index in [4.69, 9.17) is 37.9 Å². The maximum atomic E-state index is 13.1. The number of hydrogen-bond acceptors (Lipinski definition) is 20. The van der Waals surface area contributed by atoms with Crippen LogP contribution in [-0.2, 0) is 28.5 Å². The lowest BCUT2D eigenvalue weighted by molar-refractivity contribution is -0.357. The van der Waals surface area contributed by atoms with Crippen LogP contribution in [0.4, 0.5) is 0 Å². The van der Waals surface area contributed by atoms with Gasteiger partial charge in [-0.1, -0.05) is 6.07 Å². The maximum Gasteiger partial charge on any atom is 0.229 e. The minimum atomic E-state index is -1.97. The molecule has 2 aromatic rings. The zero-order valence-electron chi connectivity index (χ0n) is 28.7. The molecule has 3 saturated heterocycles. The van der Waals surface area contributed by atoms with E-state index < -0.39 is 123 Å². The van der Waals surface area contributed by atoms with Crippen LogP contribution in [0.25, 0.3) is 0 Å². The van der Waals surface area contributed by atoms with E-state index in [1.54, 1.807) is 6.07 Å². The number of hydrogen-bond donors (Lipinski definition) is 10. The Labute approximate surface area is 306 Å². The summed E-state index contributed by atoms with van der Waals surface area (Å²) in [6.07, 6.45) is -25.2. The van der Waals surface area contributed by atoms with Crippen molar-refractivity contribution >= 4 is 11.6 Å². The molecule has 2 aromatic carbocycles. The van der Waals surface area contributed by atoms with E-state index in [1.807, 2.05) is 0 Å². The van der Waals surface area contributed by atoms with E-state index in [-0.39, 0.29) is 35.0 Å². The van der Waals surface area contributed by atoms with E-state index in [1.165, 1.54) is 32.2 Å². The third kappa shape index (κ3) is 7.71. The topological polar surface area (TPSA) is 310 Å². The number of carbonyl (C=O) groups excluding carboxylic acids is 2. The van der Waals surface area contributed by atoms with Crippen molar-refractivity contribution in [2.45, 2.75) is 105 Å². The number of benzene rings is 2. The van der Waals surface area contributed by atoms with Gasteiger partial charge in [0.05, 0.1) is 32.8 Å². The van der Waals surface area contributed by atoms with Crippen molar-refractivity contribution in [2.75, 3.05) is 20.3 Å². The second-order valence-corrected chi connectivity index (χ2v) is 13.3. The van der Waals surface area contributed by atoms with Gasteiger partial charge in [-0.15, -0.1) is 0 Å². The van der Waals surface area contributed by atoms with Crippen molar-refractivity contribution in [2.24, 2.45) is 0 Å². The van der Waals surface area contributed by atoms with Gasteiger partial charge in [-0.25, -0.2) is 0 Å². The van der Waals surface area contributed by atoms with Gasteiger partial charge in [0, 0.05) is 12.1 Å². The quantitative estimate of drug-likeness (QED) is 0.114. The number of ether oxygens (including phenoxy) is 8. The molecule has 0 amide bonds. The van der Waals surface area contributed by atoms with Crippen molar-refractivity contribution in [3.63, 3.8) is 0 Å². The summed E-state index contributed by atoms with van der Waals surface area (Å²) in [5.41, 5.74) is 0.249. The van der Waals surface area contributed by atoms with Gasteiger partial charge in [0.2, 0.25) is 6.29 Å². The van der Waals surface area contributed by atoms with Gasteiger partial charge in [-0.3, -0.25) is 9.59 Å². The molecule has 0 saturated carbocycles. The lowest BCUT2D eigenvalue weighted by Gasteiger charge is -2.46. The standard InChI is InChI=1S/C34H42O20/c1-11-23(39)25(41)28(44)32(49-11)48-10-21-31(54-34-29(45)26(42)24(40)20(9-35)52-34)27(43)30(46)33(53-21)50-13-6-15(37)22-16(38)8-18(51-19(22)7-13)12-3-4-17(47-2)14(36)5-12/h3-7,11,18,20-21,23-24,26-37,39-40,42-46H,8-10H2,1-2H3/t11?,18?,20?,21?,23-,24+,26?,27?,28?,29?,30?,31+,32+,33+,34-/m0/s1. The van der Waals surface area contributed by atoms with Gasteiger partial charge < -0.3 is 89.0 Å². The number of aliphatic hydroxyl groups is 8. The van der Waals surface area contributed by atoms with Gasteiger partial charge in [0.15, 0.2) is 41.7 Å². The second kappa shape index (κ2) is 16.2. The highest BCUT2D eigenvalue weighted by molar-refractivity contribution is 6.02. The molecule has 15 atom stereocenters. The van der Waals surface area contributed by atoms with E-state index in [2.05, 4.69) is 0 Å². The molecule has 0 radical (unpaired) electrons. The van der Waals surface area contributed by atoms with Crippen molar-refractivity contribution in [1.82, 2.24) is 0 Å². The molecule has 54 heavy (non-hydrogen) atoms. The van der Waals surface area contributed by atoms with Crippen LogP contribution in [0.5, 0.6) is 28.7 Å². The van der Waals surface area contributed by atoms with E-state index in [0.717, 1.165) is 6.07 Å². The average Bonchev–Trinajstić information content (AvgIpc) is 3.14. The minimum Gasteiger partial charge on any atom is -0.507 e. The number of carbonyl (C=O) groups is 2. The van der Waals surface area contributed by atoms with Crippen LogP contribution < -0.4 is 14.2 Å². The monoisotopic (exact) mass is 770 g/mol. The first-order valence-corrected chi connectivity index (χ1v) is 16.9. The van der Waals surface area contributed by atoms with Gasteiger partial charge in [0.25, 0.3) is 0 Å². The number of fused-ring (bicyclic) bond motifs is 1. The Hall–Kier alpha value is -3.74. The Kier molecular flexibility index (Phi) is 12.0. The Morgan fingerprint density at radius 1 is 0.778 bits per heavy atom. The molecule has 10 N–H and O–H groups in total. The highest BCUT2D eigenvalue weighted by Gasteiger charge is 2.52. The Morgan fingerprint density at radius 2 is 1.48 bits per heavy atom. The molecule has 4 heterocycles. The summed E-state index contributed by atoms with van der Waals surface area (Å²) in [5, 5.41) is 105. The third-order valence-corrected chi connectivity index (χ3v) is 9.64. The first kappa shape index (κ1) is 39.9. The van der Waals surface area contributed by atoms with Crippen LogP contribution >= 0.6 is 0 Å². The van der Waals surface area contributed by atoms with Crippen LogP contribution in [0.2, 0.25) is 0 Å². The second-order valence-electron chi connectivity index (χ2n) is 13.3. The van der Waals surface area contributed by atoms with Crippen LogP contribution in [0.15, 0.2) is 30.3 Å². The van der Waals surface area contributed by atoms with E-state index in [9.17, 15) is 60.7 Å². The Bertz CT molecular complexity index is 1670. The predicted molar refractivity (Wildman–Crippen MR) is 172 cm³/mol. The molecule has 0 aromatic heterocycles. The van der Waals surface area contributed by atoms with Crippen molar-refractivity contribution < 1.29 is 98.5 Å². The largest absolute Gasteiger partial charge is 0.507 e. The summed E-state index contributed by atoms with van der Waals surface area (Å²) in [7, 11) is 1.37. The average molecular weight is 771 g/mol. The molecule has 0 aliphatic carbocycles. The fourth-order valence-corrected chi connectivity index (χ4v) is 6.57. The Morgan fingerprint density at radius 3 is 2.17 bits per heavy atom. The third-order valence-electron chi connectivity index (χ3n) is 9.64. The molecule has 6 rings (SSSR count). The van der Waals surface area contributed by atoms with Crippen LogP contribution in [-0.4, -0.2) is 169 Å². The highest BCUT2D eigenvalue weighted by atomic mass is 16.8. The summed E-state index contributed by atoms with van der Waals surface area (Å²) >= 11 is 0.